The Labute approximate surface area is 138 Å². The summed E-state index contributed by atoms with van der Waals surface area (Å²) in [6, 6.07) is 0. The van der Waals surface area contributed by atoms with Crippen LogP contribution in [0, 0.1) is 16.7 Å². The monoisotopic (exact) mass is 309 g/mol. The highest BCUT2D eigenvalue weighted by molar-refractivity contribution is 5.17. The maximum Gasteiger partial charge on any atom is 0.0729 e. The summed E-state index contributed by atoms with van der Waals surface area (Å²) < 4.78 is 0. The standard InChI is InChI=1S/C20H39NO/c1-6-8-13-21(14-9-7-2)15-12-20-11-10-17(16-20)18(3,4)19(20,5)22/h17,22H,6-16H2,1-5H3/t17-,19+,20-/m1/s1. The highest BCUT2D eigenvalue weighted by Crippen LogP contribution is 2.69. The molecule has 2 bridgehead atoms. The van der Waals surface area contributed by atoms with Crippen LogP contribution in [0.4, 0.5) is 0 Å². The van der Waals surface area contributed by atoms with E-state index in [0.29, 0.717) is 0 Å². The Morgan fingerprint density at radius 2 is 1.59 bits per heavy atom. The van der Waals surface area contributed by atoms with Gasteiger partial charge in [-0.3, -0.25) is 0 Å². The molecule has 2 aliphatic carbocycles. The predicted octanol–water partition coefficient (Wildman–Crippen LogP) is 4.86. The first-order valence-electron chi connectivity index (χ1n) is 9.75. The predicted molar refractivity (Wildman–Crippen MR) is 95.1 cm³/mol. The summed E-state index contributed by atoms with van der Waals surface area (Å²) >= 11 is 0. The summed E-state index contributed by atoms with van der Waals surface area (Å²) in [5.41, 5.74) is -0.231. The van der Waals surface area contributed by atoms with Crippen LogP contribution < -0.4 is 0 Å². The molecule has 1 N–H and O–H groups in total. The number of aliphatic hydroxyl groups is 1. The molecule has 0 aromatic carbocycles. The SMILES string of the molecule is CCCCN(CCCC)CC[C@]12CC[C@H](C1)C(C)(C)[C@]2(C)O. The second kappa shape index (κ2) is 6.81. The van der Waals surface area contributed by atoms with E-state index in [1.807, 2.05) is 0 Å². The molecule has 0 heterocycles. The van der Waals surface area contributed by atoms with E-state index in [2.05, 4.69) is 39.5 Å². The van der Waals surface area contributed by atoms with Crippen LogP contribution in [0.5, 0.6) is 0 Å². The topological polar surface area (TPSA) is 23.5 Å². The Bertz CT molecular complexity index is 355. The van der Waals surface area contributed by atoms with Crippen LogP contribution in [0.2, 0.25) is 0 Å². The van der Waals surface area contributed by atoms with Gasteiger partial charge in [-0.2, -0.15) is 0 Å². The average Bonchev–Trinajstić information content (AvgIpc) is 2.97. The number of nitrogens with zero attached hydrogens (tertiary/aromatic N) is 1. The zero-order chi connectivity index (χ0) is 16.4. The van der Waals surface area contributed by atoms with E-state index in [9.17, 15) is 5.11 Å². The van der Waals surface area contributed by atoms with Crippen LogP contribution in [-0.4, -0.2) is 35.2 Å². The van der Waals surface area contributed by atoms with Gasteiger partial charge in [0.25, 0.3) is 0 Å². The summed E-state index contributed by atoms with van der Waals surface area (Å²) in [4.78, 5) is 2.66. The fourth-order valence-corrected chi connectivity index (χ4v) is 5.21. The summed E-state index contributed by atoms with van der Waals surface area (Å²) in [7, 11) is 0. The first-order valence-corrected chi connectivity index (χ1v) is 9.75. The molecular formula is C20H39NO. The van der Waals surface area contributed by atoms with Crippen molar-refractivity contribution >= 4 is 0 Å². The molecule has 0 unspecified atom stereocenters. The Hall–Kier alpha value is -0.0800. The smallest absolute Gasteiger partial charge is 0.0729 e. The van der Waals surface area contributed by atoms with Crippen molar-refractivity contribution in [1.29, 1.82) is 0 Å². The van der Waals surface area contributed by atoms with Gasteiger partial charge < -0.3 is 10.0 Å². The Balaban J connectivity index is 1.99. The van der Waals surface area contributed by atoms with Crippen molar-refractivity contribution in [2.45, 2.75) is 91.6 Å². The van der Waals surface area contributed by atoms with E-state index in [-0.39, 0.29) is 10.8 Å². The molecule has 2 rings (SSSR count). The molecule has 0 amide bonds. The van der Waals surface area contributed by atoms with Crippen molar-refractivity contribution in [1.82, 2.24) is 4.90 Å². The second-order valence-electron chi connectivity index (χ2n) is 8.81. The second-order valence-corrected chi connectivity index (χ2v) is 8.81. The minimum Gasteiger partial charge on any atom is -0.389 e. The van der Waals surface area contributed by atoms with Crippen molar-refractivity contribution in [2.24, 2.45) is 16.7 Å². The number of fused-ring (bicyclic) bond motifs is 2. The first-order chi connectivity index (χ1) is 10.3. The lowest BCUT2D eigenvalue weighted by Gasteiger charge is -2.50. The van der Waals surface area contributed by atoms with Crippen LogP contribution in [-0.2, 0) is 0 Å². The molecule has 3 atom stereocenters. The van der Waals surface area contributed by atoms with Crippen LogP contribution in [0.15, 0.2) is 0 Å². The summed E-state index contributed by atoms with van der Waals surface area (Å²) in [5, 5.41) is 11.3. The van der Waals surface area contributed by atoms with Gasteiger partial charge in [0, 0.05) is 5.41 Å². The molecule has 0 aromatic rings. The zero-order valence-electron chi connectivity index (χ0n) is 15.7. The fourth-order valence-electron chi connectivity index (χ4n) is 5.21. The van der Waals surface area contributed by atoms with E-state index in [1.165, 1.54) is 71.0 Å². The van der Waals surface area contributed by atoms with E-state index >= 15 is 0 Å². The maximum atomic E-state index is 11.3. The number of hydrogen-bond acceptors (Lipinski definition) is 2. The van der Waals surface area contributed by atoms with Crippen molar-refractivity contribution in [2.75, 3.05) is 19.6 Å². The minimum atomic E-state index is -0.496. The summed E-state index contributed by atoms with van der Waals surface area (Å²) in [6.45, 7) is 14.9. The van der Waals surface area contributed by atoms with Crippen molar-refractivity contribution < 1.29 is 5.11 Å². The number of unbranched alkanes of at least 4 members (excludes halogenated alkanes) is 2. The highest BCUT2D eigenvalue weighted by atomic mass is 16.3. The van der Waals surface area contributed by atoms with Crippen LogP contribution in [0.1, 0.15) is 86.0 Å². The molecule has 0 saturated heterocycles. The third kappa shape index (κ3) is 2.98. The number of hydrogen-bond donors (Lipinski definition) is 1. The van der Waals surface area contributed by atoms with Gasteiger partial charge in [0.05, 0.1) is 5.60 Å². The molecule has 2 aliphatic rings. The lowest BCUT2D eigenvalue weighted by molar-refractivity contribution is -0.139. The molecule has 2 heteroatoms. The molecule has 22 heavy (non-hydrogen) atoms. The number of rotatable bonds is 9. The van der Waals surface area contributed by atoms with Crippen molar-refractivity contribution in [3.8, 4) is 0 Å². The largest absolute Gasteiger partial charge is 0.389 e. The molecule has 0 aromatic heterocycles. The normalized spacial score (nSPS) is 36.4. The van der Waals surface area contributed by atoms with Gasteiger partial charge in [-0.15, -0.1) is 0 Å². The Morgan fingerprint density at radius 1 is 1.00 bits per heavy atom. The zero-order valence-corrected chi connectivity index (χ0v) is 15.7. The highest BCUT2D eigenvalue weighted by Gasteiger charge is 2.67. The van der Waals surface area contributed by atoms with Crippen LogP contribution in [0.25, 0.3) is 0 Å². The molecular weight excluding hydrogens is 270 g/mol. The molecule has 2 nitrogen and oxygen atoms in total. The van der Waals surface area contributed by atoms with Gasteiger partial charge in [0.15, 0.2) is 0 Å². The molecule has 0 aliphatic heterocycles. The molecule has 0 spiro atoms. The first kappa shape index (κ1) is 18.3. The Kier molecular flexibility index (Phi) is 5.65. The van der Waals surface area contributed by atoms with Gasteiger partial charge in [0.1, 0.15) is 0 Å². The van der Waals surface area contributed by atoms with E-state index in [4.69, 9.17) is 0 Å². The van der Waals surface area contributed by atoms with Gasteiger partial charge in [-0.25, -0.2) is 0 Å². The average molecular weight is 310 g/mol. The molecule has 0 radical (unpaired) electrons. The molecule has 2 saturated carbocycles. The summed E-state index contributed by atoms with van der Waals surface area (Å²) in [5.74, 6) is 0.724. The quantitative estimate of drug-likeness (QED) is 0.657. The Morgan fingerprint density at radius 3 is 2.05 bits per heavy atom. The van der Waals surface area contributed by atoms with E-state index in [0.717, 1.165) is 5.92 Å². The van der Waals surface area contributed by atoms with E-state index in [1.54, 1.807) is 0 Å². The van der Waals surface area contributed by atoms with Gasteiger partial charge in [0.2, 0.25) is 0 Å². The third-order valence-corrected chi connectivity index (χ3v) is 7.48. The lowest BCUT2D eigenvalue weighted by Crippen LogP contribution is -2.53. The molecule has 2 fully saturated rings. The van der Waals surface area contributed by atoms with Crippen molar-refractivity contribution in [3.63, 3.8) is 0 Å². The third-order valence-electron chi connectivity index (χ3n) is 7.48. The fraction of sp³-hybridized carbons (Fsp3) is 1.00. The van der Waals surface area contributed by atoms with Crippen molar-refractivity contribution in [3.05, 3.63) is 0 Å². The van der Waals surface area contributed by atoms with Crippen LogP contribution >= 0.6 is 0 Å². The van der Waals surface area contributed by atoms with E-state index < -0.39 is 5.60 Å². The summed E-state index contributed by atoms with van der Waals surface area (Å²) in [6.07, 6.45) is 10.2. The minimum absolute atomic E-state index is 0.0862. The molecule has 130 valence electrons. The lowest BCUT2D eigenvalue weighted by atomic mass is 9.59. The van der Waals surface area contributed by atoms with Gasteiger partial charge in [-0.1, -0.05) is 40.5 Å². The van der Waals surface area contributed by atoms with Gasteiger partial charge in [-0.05, 0) is 76.4 Å². The van der Waals surface area contributed by atoms with Gasteiger partial charge >= 0.3 is 0 Å². The maximum absolute atomic E-state index is 11.3. The van der Waals surface area contributed by atoms with Crippen LogP contribution in [0.3, 0.4) is 0 Å².